The summed E-state index contributed by atoms with van der Waals surface area (Å²) in [6.45, 7) is 5.42. The summed E-state index contributed by atoms with van der Waals surface area (Å²) in [5.41, 5.74) is 1.77. The molecule has 3 heteroatoms. The quantitative estimate of drug-likeness (QED) is 0.373. The first-order valence-electron chi connectivity index (χ1n) is 2.40. The molecule has 0 atom stereocenters. The van der Waals surface area contributed by atoms with Crippen LogP contribution in [-0.4, -0.2) is 8.32 Å². The molecule has 42 valence electrons. The van der Waals surface area contributed by atoms with Crippen LogP contribution >= 0.6 is 0 Å². The van der Waals surface area contributed by atoms with E-state index in [9.17, 15) is 4.80 Å². The van der Waals surface area contributed by atoms with Gasteiger partial charge in [0.1, 0.15) is 0 Å². The Hall–Kier alpha value is 0.917. The molecule has 0 saturated carbocycles. The molecular weight excluding hydrogens is 127 g/mol. The van der Waals surface area contributed by atoms with Crippen LogP contribution in [0.5, 0.6) is 0 Å². The first-order chi connectivity index (χ1) is 3.06. The molecule has 0 aromatic heterocycles. The number of rotatable bonds is 1. The summed E-state index contributed by atoms with van der Waals surface area (Å²) in [4.78, 5) is 10.8. The van der Waals surface area contributed by atoms with Crippen LogP contribution < -0.4 is 34.4 Å². The molecule has 0 rings (SSSR count). The number of allylic oxidation sites excluding steroid dienone is 1. The fraction of sp³-hybridized carbons (Fsp3) is 0.600. The van der Waals surface area contributed by atoms with E-state index in [1.54, 1.807) is 18.8 Å². The maximum Gasteiger partial charge on any atom is 1.00 e. The molecule has 0 bridgehead atoms. The molecule has 0 heterocycles. The minimum Gasteiger partial charge on any atom is -0.856 e. The van der Waals surface area contributed by atoms with Crippen LogP contribution in [0, 0.1) is 0 Å². The maximum atomic E-state index is 10.8. The topological polar surface area (TPSA) is 23.1 Å². The van der Waals surface area contributed by atoms with E-state index < -0.39 is 8.32 Å². The van der Waals surface area contributed by atoms with Crippen molar-refractivity contribution < 1.29 is 34.4 Å². The molecular formula is C5H11NaOSi. The van der Waals surface area contributed by atoms with Gasteiger partial charge in [0.15, 0.2) is 0 Å². The fourth-order valence-corrected chi connectivity index (χ4v) is 1.20. The van der Waals surface area contributed by atoms with Gasteiger partial charge < -0.3 is 4.80 Å². The van der Waals surface area contributed by atoms with Crippen molar-refractivity contribution in [2.45, 2.75) is 20.0 Å². The molecule has 0 amide bonds. The Bertz CT molecular complexity index is 75.0. The number of hydrogen-bond donors (Lipinski definition) is 0. The molecule has 0 fully saturated rings. The Labute approximate surface area is 74.2 Å². The van der Waals surface area contributed by atoms with E-state index >= 15 is 0 Å². The van der Waals surface area contributed by atoms with Crippen molar-refractivity contribution in [3.05, 3.63) is 11.8 Å². The van der Waals surface area contributed by atoms with E-state index in [-0.39, 0.29) is 29.6 Å². The molecule has 0 radical (unpaired) electrons. The van der Waals surface area contributed by atoms with Crippen LogP contribution in [0.15, 0.2) is 11.8 Å². The molecule has 0 unspecified atom stereocenters. The van der Waals surface area contributed by atoms with Gasteiger partial charge in [-0.15, -0.1) is 5.70 Å². The first kappa shape index (κ1) is 11.7. The Balaban J connectivity index is 0. The predicted molar refractivity (Wildman–Crippen MR) is 32.3 cm³/mol. The fourth-order valence-electron chi connectivity index (χ4n) is 0.401. The second-order valence-electron chi connectivity index (χ2n) is 2.10. The van der Waals surface area contributed by atoms with Crippen LogP contribution in [-0.2, 0) is 0 Å². The van der Waals surface area contributed by atoms with E-state index in [2.05, 4.69) is 0 Å². The van der Waals surface area contributed by atoms with Crippen LogP contribution in [0.3, 0.4) is 0 Å². The number of hydrogen-bond acceptors (Lipinski definition) is 1. The van der Waals surface area contributed by atoms with Gasteiger partial charge in [-0.1, -0.05) is 19.2 Å². The minimum atomic E-state index is -2.09. The normalized spacial score (nSPS) is 11.5. The second kappa shape index (κ2) is 4.76. The maximum absolute atomic E-state index is 10.8. The summed E-state index contributed by atoms with van der Waals surface area (Å²) < 4.78 is 0. The van der Waals surface area contributed by atoms with Crippen LogP contribution in [0.4, 0.5) is 0 Å². The molecule has 8 heavy (non-hydrogen) atoms. The molecule has 0 aliphatic rings. The monoisotopic (exact) mass is 138 g/mol. The average Bonchev–Trinajstić information content (AvgIpc) is 1.30. The van der Waals surface area contributed by atoms with E-state index in [4.69, 9.17) is 0 Å². The van der Waals surface area contributed by atoms with Gasteiger partial charge in [-0.3, -0.25) is 0 Å². The molecule has 0 spiro atoms. The van der Waals surface area contributed by atoms with Crippen molar-refractivity contribution >= 4 is 8.32 Å². The van der Waals surface area contributed by atoms with Gasteiger partial charge in [0.2, 0.25) is 0 Å². The van der Waals surface area contributed by atoms with E-state index in [0.29, 0.717) is 0 Å². The van der Waals surface area contributed by atoms with Gasteiger partial charge in [-0.05, 0) is 15.2 Å². The Kier molecular flexibility index (Phi) is 6.96. The Morgan fingerprint density at radius 1 is 1.38 bits per heavy atom. The second-order valence-corrected chi connectivity index (χ2v) is 5.64. The third kappa shape index (κ3) is 10.0. The summed E-state index contributed by atoms with van der Waals surface area (Å²) >= 11 is 0. The Morgan fingerprint density at radius 2 is 1.75 bits per heavy atom. The summed E-state index contributed by atoms with van der Waals surface area (Å²) in [6, 6.07) is 0. The van der Waals surface area contributed by atoms with Crippen molar-refractivity contribution in [1.29, 1.82) is 0 Å². The predicted octanol–water partition coefficient (Wildman–Crippen LogP) is -2.33. The zero-order valence-corrected chi connectivity index (χ0v) is 9.06. The first-order valence-corrected chi connectivity index (χ1v) is 5.39. The zero-order chi connectivity index (χ0) is 5.91. The van der Waals surface area contributed by atoms with E-state index in [1.807, 2.05) is 13.0 Å². The molecule has 0 saturated heterocycles. The van der Waals surface area contributed by atoms with Crippen molar-refractivity contribution in [1.82, 2.24) is 0 Å². The van der Waals surface area contributed by atoms with Crippen molar-refractivity contribution in [2.24, 2.45) is 0 Å². The molecule has 0 aromatic rings. The molecule has 0 N–H and O–H groups in total. The zero-order valence-electron chi connectivity index (χ0n) is 6.06. The van der Waals surface area contributed by atoms with E-state index in [0.717, 1.165) is 0 Å². The smallest absolute Gasteiger partial charge is 0.856 e. The van der Waals surface area contributed by atoms with Crippen molar-refractivity contribution in [3.63, 3.8) is 0 Å². The SMILES string of the molecule is C/C=C\[Si](C)(C)[O-].[Na+]. The molecule has 0 aliphatic heterocycles. The van der Waals surface area contributed by atoms with Crippen LogP contribution in [0.25, 0.3) is 0 Å². The van der Waals surface area contributed by atoms with Crippen molar-refractivity contribution in [2.75, 3.05) is 0 Å². The van der Waals surface area contributed by atoms with Crippen LogP contribution in [0.1, 0.15) is 6.92 Å². The third-order valence-corrected chi connectivity index (χ3v) is 1.70. The minimum absolute atomic E-state index is 0. The summed E-state index contributed by atoms with van der Waals surface area (Å²) in [7, 11) is -2.09. The Morgan fingerprint density at radius 3 is 1.75 bits per heavy atom. The van der Waals surface area contributed by atoms with E-state index in [1.165, 1.54) is 0 Å². The molecule has 1 nitrogen and oxygen atoms in total. The summed E-state index contributed by atoms with van der Waals surface area (Å²) in [6.07, 6.45) is 1.83. The third-order valence-electron chi connectivity index (χ3n) is 0.568. The largest absolute Gasteiger partial charge is 1.00 e. The summed E-state index contributed by atoms with van der Waals surface area (Å²) in [5, 5.41) is 0. The van der Waals surface area contributed by atoms with Gasteiger partial charge in [0.25, 0.3) is 0 Å². The van der Waals surface area contributed by atoms with Gasteiger partial charge in [-0.25, -0.2) is 0 Å². The average molecular weight is 138 g/mol. The molecule has 0 aromatic carbocycles. The summed E-state index contributed by atoms with van der Waals surface area (Å²) in [5.74, 6) is 0. The standard InChI is InChI=1S/C5H11OSi.Na/c1-4-5-7(2,3)6;/h4-5H,1-3H3;/q-1;+1/b5-4-;. The van der Waals surface area contributed by atoms with Gasteiger partial charge in [0, 0.05) is 0 Å². The van der Waals surface area contributed by atoms with Gasteiger partial charge >= 0.3 is 29.6 Å². The van der Waals surface area contributed by atoms with Gasteiger partial charge in [0.05, 0.1) is 0 Å². The van der Waals surface area contributed by atoms with Crippen LogP contribution in [0.2, 0.25) is 13.1 Å². The molecule has 0 aliphatic carbocycles. The van der Waals surface area contributed by atoms with Crippen molar-refractivity contribution in [3.8, 4) is 0 Å². The van der Waals surface area contributed by atoms with Gasteiger partial charge in [-0.2, -0.15) is 0 Å².